The maximum Gasteiger partial charge on any atom is 0.335 e. The van der Waals surface area contributed by atoms with Crippen molar-refractivity contribution in [3.8, 4) is 5.75 Å². The highest BCUT2D eigenvalue weighted by molar-refractivity contribution is 7.44. The van der Waals surface area contributed by atoms with Crippen molar-refractivity contribution in [3.63, 3.8) is 0 Å². The Kier molecular flexibility index (Phi) is 8.08. The Bertz CT molecular complexity index is 984. The number of hydrogen-bond acceptors (Lipinski definition) is 6. The number of rotatable bonds is 6. The minimum absolute atomic E-state index is 0.134. The molecular formula is C20H15ClN2O5S. The van der Waals surface area contributed by atoms with E-state index in [0.717, 1.165) is 0 Å². The van der Waals surface area contributed by atoms with Crippen LogP contribution in [0.4, 0.5) is 11.4 Å². The van der Waals surface area contributed by atoms with E-state index in [0.29, 0.717) is 22.1 Å². The molecular weight excluding hydrogens is 416 g/mol. The van der Waals surface area contributed by atoms with Crippen molar-refractivity contribution in [2.24, 2.45) is 0 Å². The lowest BCUT2D eigenvalue weighted by Crippen LogP contribution is -2.16. The van der Waals surface area contributed by atoms with Gasteiger partial charge in [0.1, 0.15) is 0 Å². The second-order valence-corrected chi connectivity index (χ2v) is 5.98. The van der Waals surface area contributed by atoms with Crippen LogP contribution in [-0.4, -0.2) is 21.2 Å². The van der Waals surface area contributed by atoms with Gasteiger partial charge in [0, 0.05) is 10.7 Å². The third kappa shape index (κ3) is 6.27. The number of carboxylic acids is 1. The Labute approximate surface area is 176 Å². The summed E-state index contributed by atoms with van der Waals surface area (Å²) in [6.07, 6.45) is 0. The van der Waals surface area contributed by atoms with Crippen molar-refractivity contribution in [1.29, 1.82) is 0 Å². The van der Waals surface area contributed by atoms with Crippen LogP contribution < -0.4 is 15.6 Å². The van der Waals surface area contributed by atoms with Crippen LogP contribution >= 0.6 is 11.6 Å². The molecule has 0 aliphatic heterocycles. The predicted molar refractivity (Wildman–Crippen MR) is 112 cm³/mol. The minimum Gasteiger partial charge on any atom is -0.478 e. The highest BCUT2D eigenvalue weighted by Gasteiger charge is 2.14. The monoisotopic (exact) mass is 430 g/mol. The third-order valence-corrected chi connectivity index (χ3v) is 3.87. The van der Waals surface area contributed by atoms with Gasteiger partial charge < -0.3 is 15.3 Å². The van der Waals surface area contributed by atoms with Gasteiger partial charge in [-0.05, 0) is 54.6 Å². The third-order valence-electron chi connectivity index (χ3n) is 3.64. The van der Waals surface area contributed by atoms with Gasteiger partial charge in [-0.15, -0.1) is 0 Å². The van der Waals surface area contributed by atoms with E-state index in [2.05, 4.69) is 23.3 Å². The number of hydrogen-bond donors (Lipinski definition) is 3. The number of carbonyl (C=O) groups is 2. The summed E-state index contributed by atoms with van der Waals surface area (Å²) in [5.74, 6) is -0.866. The van der Waals surface area contributed by atoms with E-state index in [1.54, 1.807) is 24.3 Å². The standard InChI is InChI=1S/C20H15ClN2O4.OS/c21-14-8-11-18(23-27-16-4-2-1-3-5-16)17(12-14)19(24)22-15-9-6-13(7-10-15)20(25)26;1-2/h1-12,23H,(H,22,24)(H,25,26);. The average Bonchev–Trinajstić information content (AvgIpc) is 2.75. The summed E-state index contributed by atoms with van der Waals surface area (Å²) in [4.78, 5) is 29.0. The number of para-hydroxylation sites is 1. The van der Waals surface area contributed by atoms with Gasteiger partial charge in [0.15, 0.2) is 18.3 Å². The molecule has 0 atom stereocenters. The first-order valence-corrected chi connectivity index (χ1v) is 8.83. The average molecular weight is 431 g/mol. The van der Waals surface area contributed by atoms with Gasteiger partial charge in [-0.25, -0.2) is 10.3 Å². The molecule has 9 heteroatoms. The molecule has 3 aromatic rings. The van der Waals surface area contributed by atoms with Crippen molar-refractivity contribution < 1.29 is 23.7 Å². The van der Waals surface area contributed by atoms with Crippen LogP contribution in [0.15, 0.2) is 72.8 Å². The lowest BCUT2D eigenvalue weighted by Gasteiger charge is -2.13. The number of carbonyl (C=O) groups excluding carboxylic acids is 1. The number of benzene rings is 3. The highest BCUT2D eigenvalue weighted by atomic mass is 35.5. The fourth-order valence-corrected chi connectivity index (χ4v) is 2.46. The molecule has 0 aliphatic carbocycles. The van der Waals surface area contributed by atoms with E-state index in [9.17, 15) is 9.59 Å². The molecule has 0 bridgehead atoms. The topological polar surface area (TPSA) is 105 Å². The van der Waals surface area contributed by atoms with Crippen LogP contribution in [0, 0.1) is 0 Å². The van der Waals surface area contributed by atoms with Crippen molar-refractivity contribution in [2.45, 2.75) is 0 Å². The molecule has 148 valence electrons. The lowest BCUT2D eigenvalue weighted by molar-refractivity contribution is 0.0696. The number of aromatic carboxylic acids is 1. The maximum atomic E-state index is 12.6. The molecule has 3 aromatic carbocycles. The van der Waals surface area contributed by atoms with Gasteiger partial charge in [0.05, 0.1) is 16.8 Å². The molecule has 0 saturated heterocycles. The van der Waals surface area contributed by atoms with Crippen LogP contribution in [-0.2, 0) is 12.5 Å². The van der Waals surface area contributed by atoms with Crippen LogP contribution in [0.3, 0.4) is 0 Å². The minimum atomic E-state index is -1.03. The molecule has 0 aliphatic rings. The van der Waals surface area contributed by atoms with Crippen LogP contribution in [0.5, 0.6) is 5.75 Å². The molecule has 7 nitrogen and oxygen atoms in total. The second-order valence-electron chi connectivity index (χ2n) is 5.54. The normalized spacial score (nSPS) is 9.55. The zero-order valence-electron chi connectivity index (χ0n) is 14.8. The SMILES string of the molecule is O=C(O)c1ccc(NC(=O)c2cc(Cl)ccc2NOc2ccccc2)cc1.O=S. The molecule has 29 heavy (non-hydrogen) atoms. The van der Waals surface area contributed by atoms with E-state index in [-0.39, 0.29) is 11.1 Å². The summed E-state index contributed by atoms with van der Waals surface area (Å²) in [5.41, 5.74) is 4.05. The van der Waals surface area contributed by atoms with E-state index < -0.39 is 11.9 Å². The summed E-state index contributed by atoms with van der Waals surface area (Å²) in [5, 5.41) is 12.0. The van der Waals surface area contributed by atoms with Gasteiger partial charge in [-0.1, -0.05) is 29.8 Å². The molecule has 0 spiro atoms. The van der Waals surface area contributed by atoms with E-state index in [1.165, 1.54) is 30.3 Å². The Hall–Kier alpha value is -3.49. The summed E-state index contributed by atoms with van der Waals surface area (Å²) < 4.78 is 7.83. The first kappa shape index (κ1) is 21.8. The van der Waals surface area contributed by atoms with Crippen LogP contribution in [0.1, 0.15) is 20.7 Å². The molecule has 0 unspecified atom stereocenters. The molecule has 0 saturated carbocycles. The van der Waals surface area contributed by atoms with Crippen molar-refractivity contribution in [2.75, 3.05) is 10.8 Å². The molecule has 3 rings (SSSR count). The zero-order chi connectivity index (χ0) is 21.2. The molecule has 0 fully saturated rings. The first-order valence-electron chi connectivity index (χ1n) is 8.12. The highest BCUT2D eigenvalue weighted by Crippen LogP contribution is 2.23. The quantitative estimate of drug-likeness (QED) is 0.499. The number of halogens is 1. The summed E-state index contributed by atoms with van der Waals surface area (Å²) >= 11 is 8.86. The van der Waals surface area contributed by atoms with Gasteiger partial charge in [-0.3, -0.25) is 4.79 Å². The molecule has 0 aromatic heterocycles. The molecule has 0 heterocycles. The largest absolute Gasteiger partial charge is 0.478 e. The summed E-state index contributed by atoms with van der Waals surface area (Å²) in [6.45, 7) is 0. The molecule has 0 radical (unpaired) electrons. The van der Waals surface area contributed by atoms with E-state index in [4.69, 9.17) is 25.8 Å². The Balaban J connectivity index is 0.00000145. The van der Waals surface area contributed by atoms with Crippen molar-refractivity contribution in [1.82, 2.24) is 0 Å². The Morgan fingerprint density at radius 2 is 1.59 bits per heavy atom. The van der Waals surface area contributed by atoms with Gasteiger partial charge >= 0.3 is 5.97 Å². The molecule has 3 N–H and O–H groups in total. The van der Waals surface area contributed by atoms with Gasteiger partial charge in [-0.2, -0.15) is 4.21 Å². The summed E-state index contributed by atoms with van der Waals surface area (Å²) in [7, 11) is 0. The number of carboxylic acid groups (broad SMARTS) is 1. The second kappa shape index (κ2) is 10.7. The lowest BCUT2D eigenvalue weighted by atomic mass is 10.1. The van der Waals surface area contributed by atoms with Crippen molar-refractivity contribution in [3.05, 3.63) is 88.9 Å². The van der Waals surface area contributed by atoms with Gasteiger partial charge in [0.25, 0.3) is 5.91 Å². The number of nitrogens with one attached hydrogen (secondary N) is 2. The fraction of sp³-hybridized carbons (Fsp3) is 0. The van der Waals surface area contributed by atoms with Crippen LogP contribution in [0.25, 0.3) is 0 Å². The van der Waals surface area contributed by atoms with E-state index in [1.807, 2.05) is 18.2 Å². The number of anilines is 2. The van der Waals surface area contributed by atoms with Gasteiger partial charge in [0.2, 0.25) is 0 Å². The number of amides is 1. The Morgan fingerprint density at radius 3 is 2.21 bits per heavy atom. The van der Waals surface area contributed by atoms with Crippen molar-refractivity contribution >= 4 is 47.4 Å². The molecule has 1 amide bonds. The zero-order valence-corrected chi connectivity index (χ0v) is 16.4. The summed E-state index contributed by atoms with van der Waals surface area (Å²) in [6, 6.07) is 19.7. The smallest absolute Gasteiger partial charge is 0.335 e. The van der Waals surface area contributed by atoms with E-state index >= 15 is 0 Å². The van der Waals surface area contributed by atoms with Crippen LogP contribution in [0.2, 0.25) is 5.02 Å². The first-order chi connectivity index (χ1) is 14.0. The fourth-order valence-electron chi connectivity index (χ4n) is 2.29. The maximum absolute atomic E-state index is 12.6. The predicted octanol–water partition coefficient (Wildman–Crippen LogP) is 4.36. The Morgan fingerprint density at radius 1 is 0.931 bits per heavy atom.